The Kier molecular flexibility index (Phi) is 3.34. The molecule has 1 heterocycles. The van der Waals surface area contributed by atoms with E-state index in [0.29, 0.717) is 5.75 Å². The summed E-state index contributed by atoms with van der Waals surface area (Å²) in [6.45, 7) is 9.35. The molecule has 1 aliphatic heterocycles. The third-order valence-corrected chi connectivity index (χ3v) is 5.24. The van der Waals surface area contributed by atoms with Crippen LogP contribution >= 0.6 is 0 Å². The lowest BCUT2D eigenvalue weighted by Crippen LogP contribution is -2.20. The Morgan fingerprint density at radius 1 is 1.04 bits per heavy atom. The molecule has 0 amide bonds. The molecule has 24 heavy (non-hydrogen) atoms. The van der Waals surface area contributed by atoms with Crippen LogP contribution in [0.25, 0.3) is 16.5 Å². The van der Waals surface area contributed by atoms with E-state index < -0.39 is 0 Å². The maximum absolute atomic E-state index is 10.0. The van der Waals surface area contributed by atoms with Crippen LogP contribution < -0.4 is 0 Å². The average Bonchev–Trinajstić information content (AvgIpc) is 2.94. The highest BCUT2D eigenvalue weighted by molar-refractivity contribution is 5.86. The zero-order valence-electron chi connectivity index (χ0n) is 14.1. The van der Waals surface area contributed by atoms with Gasteiger partial charge in [0.25, 0.3) is 0 Å². The molecule has 4 rings (SSSR count). The van der Waals surface area contributed by atoms with Crippen LogP contribution in [0.3, 0.4) is 0 Å². The molecule has 0 aromatic heterocycles. The fourth-order valence-corrected chi connectivity index (χ4v) is 3.87. The number of phenolic OH excluding ortho intramolecular Hbond substituents is 1. The van der Waals surface area contributed by atoms with Gasteiger partial charge in [0.05, 0.1) is 6.04 Å². The molecule has 2 nitrogen and oxygen atoms in total. The van der Waals surface area contributed by atoms with E-state index in [1.165, 1.54) is 21.9 Å². The second kappa shape index (κ2) is 5.41. The Morgan fingerprint density at radius 3 is 2.62 bits per heavy atom. The summed E-state index contributed by atoms with van der Waals surface area (Å²) in [6.07, 6.45) is 0. The van der Waals surface area contributed by atoms with Gasteiger partial charge in [-0.2, -0.15) is 0 Å². The number of hydrogen-bond acceptors (Lipinski definition) is 2. The van der Waals surface area contributed by atoms with Gasteiger partial charge in [0, 0.05) is 23.4 Å². The van der Waals surface area contributed by atoms with Gasteiger partial charge in [0.1, 0.15) is 5.75 Å². The molecule has 120 valence electrons. The number of hydrogen-bond donors (Lipinski definition) is 1. The summed E-state index contributed by atoms with van der Waals surface area (Å²) < 4.78 is 0. The van der Waals surface area contributed by atoms with E-state index in [0.717, 1.165) is 23.4 Å². The molecule has 1 aliphatic rings. The summed E-state index contributed by atoms with van der Waals surface area (Å²) in [5.41, 5.74) is 5.57. The van der Waals surface area contributed by atoms with E-state index in [2.05, 4.69) is 60.9 Å². The van der Waals surface area contributed by atoms with E-state index in [1.807, 2.05) is 13.0 Å². The zero-order chi connectivity index (χ0) is 16.8. The summed E-state index contributed by atoms with van der Waals surface area (Å²) in [5.74, 6) is 0.342. The molecule has 3 aromatic rings. The third kappa shape index (κ3) is 2.10. The van der Waals surface area contributed by atoms with Crippen molar-refractivity contribution in [2.75, 3.05) is 0 Å². The molecular formula is C22H21NO. The number of rotatable bonds is 2. The van der Waals surface area contributed by atoms with Crippen molar-refractivity contribution in [3.05, 3.63) is 83.4 Å². The quantitative estimate of drug-likeness (QED) is 0.684. The Hall–Kier alpha value is -2.74. The molecule has 0 saturated heterocycles. The van der Waals surface area contributed by atoms with Crippen LogP contribution in [0.4, 0.5) is 0 Å². The van der Waals surface area contributed by atoms with Crippen molar-refractivity contribution in [2.24, 2.45) is 0 Å². The monoisotopic (exact) mass is 315 g/mol. The average molecular weight is 315 g/mol. The first kappa shape index (κ1) is 14.8. The molecule has 0 radical (unpaired) electrons. The molecule has 0 aliphatic carbocycles. The van der Waals surface area contributed by atoms with Crippen molar-refractivity contribution in [3.8, 4) is 5.75 Å². The van der Waals surface area contributed by atoms with Crippen LogP contribution in [0, 0.1) is 6.92 Å². The van der Waals surface area contributed by atoms with Crippen molar-refractivity contribution < 1.29 is 5.11 Å². The smallest absolute Gasteiger partial charge is 0.119 e. The summed E-state index contributed by atoms with van der Waals surface area (Å²) >= 11 is 0. The predicted molar refractivity (Wildman–Crippen MR) is 99.8 cm³/mol. The standard InChI is InChI=1S/C22H21NO/c1-14-21(24)12-11-18-13-23(16(3)22(14)18)15(2)19-10-6-8-17-7-4-5-9-20(17)19/h4-12,15,24H,3,13H2,1-2H3/t15-/m1/s1. The molecule has 1 atom stereocenters. The van der Waals surface area contributed by atoms with Crippen molar-refractivity contribution in [3.63, 3.8) is 0 Å². The van der Waals surface area contributed by atoms with E-state index in [4.69, 9.17) is 0 Å². The summed E-state index contributed by atoms with van der Waals surface area (Å²) in [5, 5.41) is 12.6. The normalized spacial score (nSPS) is 14.9. The Morgan fingerprint density at radius 2 is 1.79 bits per heavy atom. The number of nitrogens with zero attached hydrogens (tertiary/aromatic N) is 1. The topological polar surface area (TPSA) is 23.5 Å². The predicted octanol–water partition coefficient (Wildman–Crippen LogP) is 5.40. The van der Waals surface area contributed by atoms with Crippen molar-refractivity contribution in [1.82, 2.24) is 4.90 Å². The maximum atomic E-state index is 10.0. The summed E-state index contributed by atoms with van der Waals surface area (Å²) in [6, 6.07) is 19.0. The lowest BCUT2D eigenvalue weighted by molar-refractivity contribution is 0.327. The largest absolute Gasteiger partial charge is 0.508 e. The van der Waals surface area contributed by atoms with Crippen LogP contribution in [-0.2, 0) is 6.54 Å². The molecule has 0 unspecified atom stereocenters. The Labute approximate surface area is 142 Å². The fraction of sp³-hybridized carbons (Fsp3) is 0.182. The van der Waals surface area contributed by atoms with Gasteiger partial charge in [0.15, 0.2) is 0 Å². The van der Waals surface area contributed by atoms with Crippen molar-refractivity contribution in [2.45, 2.75) is 26.4 Å². The lowest BCUT2D eigenvalue weighted by atomic mass is 9.98. The van der Waals surface area contributed by atoms with E-state index in [1.54, 1.807) is 6.07 Å². The second-order valence-corrected chi connectivity index (χ2v) is 6.56. The van der Waals surface area contributed by atoms with Gasteiger partial charge in [-0.05, 0) is 41.8 Å². The summed E-state index contributed by atoms with van der Waals surface area (Å²) in [4.78, 5) is 2.33. The first-order chi connectivity index (χ1) is 11.6. The van der Waals surface area contributed by atoms with E-state index in [9.17, 15) is 5.11 Å². The minimum absolute atomic E-state index is 0.220. The highest BCUT2D eigenvalue weighted by atomic mass is 16.3. The maximum Gasteiger partial charge on any atom is 0.119 e. The van der Waals surface area contributed by atoms with Gasteiger partial charge >= 0.3 is 0 Å². The molecule has 0 bridgehead atoms. The first-order valence-electron chi connectivity index (χ1n) is 8.33. The second-order valence-electron chi connectivity index (χ2n) is 6.56. The molecule has 1 N–H and O–H groups in total. The van der Waals surface area contributed by atoms with Crippen LogP contribution in [0.2, 0.25) is 0 Å². The van der Waals surface area contributed by atoms with Gasteiger partial charge in [-0.1, -0.05) is 55.1 Å². The molecule has 0 fully saturated rings. The summed E-state index contributed by atoms with van der Waals surface area (Å²) in [7, 11) is 0. The highest BCUT2D eigenvalue weighted by Gasteiger charge is 2.29. The van der Waals surface area contributed by atoms with Gasteiger partial charge in [-0.15, -0.1) is 0 Å². The van der Waals surface area contributed by atoms with Gasteiger partial charge < -0.3 is 10.0 Å². The van der Waals surface area contributed by atoms with E-state index in [-0.39, 0.29) is 6.04 Å². The highest BCUT2D eigenvalue weighted by Crippen LogP contribution is 2.42. The third-order valence-electron chi connectivity index (χ3n) is 5.24. The minimum Gasteiger partial charge on any atom is -0.508 e. The van der Waals surface area contributed by atoms with Crippen LogP contribution in [0.5, 0.6) is 5.75 Å². The molecule has 2 heteroatoms. The van der Waals surface area contributed by atoms with Crippen LogP contribution in [-0.4, -0.2) is 10.0 Å². The number of benzene rings is 3. The van der Waals surface area contributed by atoms with Crippen LogP contribution in [0.1, 0.15) is 35.2 Å². The van der Waals surface area contributed by atoms with Gasteiger partial charge in [0.2, 0.25) is 0 Å². The molecule has 0 saturated carbocycles. The van der Waals surface area contributed by atoms with Gasteiger partial charge in [-0.3, -0.25) is 0 Å². The van der Waals surface area contributed by atoms with Crippen molar-refractivity contribution >= 4 is 16.5 Å². The van der Waals surface area contributed by atoms with Crippen molar-refractivity contribution in [1.29, 1.82) is 0 Å². The number of phenols is 1. The lowest BCUT2D eigenvalue weighted by Gasteiger charge is -2.29. The molecule has 0 spiro atoms. The molecular weight excluding hydrogens is 294 g/mol. The van der Waals surface area contributed by atoms with Gasteiger partial charge in [-0.25, -0.2) is 0 Å². The Bertz CT molecular complexity index is 952. The SMILES string of the molecule is C=C1c2c(ccc(O)c2C)CN1[C@H](C)c1cccc2ccccc12. The number of fused-ring (bicyclic) bond motifs is 2. The first-order valence-corrected chi connectivity index (χ1v) is 8.33. The number of aromatic hydroxyl groups is 1. The van der Waals surface area contributed by atoms with E-state index >= 15 is 0 Å². The minimum atomic E-state index is 0.220. The fourth-order valence-electron chi connectivity index (χ4n) is 3.87. The Balaban J connectivity index is 1.77. The molecule has 3 aromatic carbocycles. The zero-order valence-corrected chi connectivity index (χ0v) is 14.1. The van der Waals surface area contributed by atoms with Crippen LogP contribution in [0.15, 0.2) is 61.2 Å².